The topological polar surface area (TPSA) is 50.7 Å². The first-order valence-electron chi connectivity index (χ1n) is 7.52. The lowest BCUT2D eigenvalue weighted by molar-refractivity contribution is 0.404. The van der Waals surface area contributed by atoms with Gasteiger partial charge in [0.25, 0.3) is 0 Å². The number of aromatic nitrogens is 3. The molecule has 1 aliphatic carbocycles. The number of halogens is 1. The Labute approximate surface area is 132 Å². The number of hydrogen-bond donors (Lipinski definition) is 1. The standard InChI is InChI=1S/C16H17BrN4/c17-12-6-11(7-19-8-12)16-20-14-4-5-18-9-13(14)15(21-16)10-2-1-3-10/h6-8,10,18H,1-5,9H2. The van der Waals surface area contributed by atoms with Gasteiger partial charge in [0.2, 0.25) is 0 Å². The third kappa shape index (κ3) is 2.49. The molecule has 0 amide bonds. The van der Waals surface area contributed by atoms with E-state index >= 15 is 0 Å². The molecule has 5 heteroatoms. The summed E-state index contributed by atoms with van der Waals surface area (Å²) >= 11 is 3.48. The van der Waals surface area contributed by atoms with Crippen molar-refractivity contribution in [2.24, 2.45) is 0 Å². The molecular formula is C16H17BrN4. The molecule has 108 valence electrons. The fourth-order valence-corrected chi connectivity index (χ4v) is 3.42. The Morgan fingerprint density at radius 1 is 1.19 bits per heavy atom. The summed E-state index contributed by atoms with van der Waals surface area (Å²) in [6.45, 7) is 1.92. The van der Waals surface area contributed by atoms with E-state index in [1.807, 2.05) is 12.3 Å². The van der Waals surface area contributed by atoms with Crippen molar-refractivity contribution < 1.29 is 0 Å². The molecule has 1 N–H and O–H groups in total. The van der Waals surface area contributed by atoms with Crippen LogP contribution in [0.2, 0.25) is 0 Å². The molecular weight excluding hydrogens is 328 g/mol. The fourth-order valence-electron chi connectivity index (χ4n) is 3.05. The lowest BCUT2D eigenvalue weighted by Gasteiger charge is -2.29. The van der Waals surface area contributed by atoms with Gasteiger partial charge in [0.15, 0.2) is 5.82 Å². The second kappa shape index (κ2) is 5.46. The quantitative estimate of drug-likeness (QED) is 0.908. The highest BCUT2D eigenvalue weighted by Crippen LogP contribution is 2.38. The third-order valence-corrected chi connectivity index (χ3v) is 4.85. The minimum absolute atomic E-state index is 0.625. The van der Waals surface area contributed by atoms with E-state index in [1.165, 1.54) is 36.2 Å². The first-order chi connectivity index (χ1) is 10.3. The molecule has 4 rings (SSSR count). The van der Waals surface area contributed by atoms with Crippen LogP contribution in [0.3, 0.4) is 0 Å². The molecule has 1 saturated carbocycles. The number of hydrogen-bond acceptors (Lipinski definition) is 4. The number of nitrogens with one attached hydrogen (secondary N) is 1. The number of nitrogens with zero attached hydrogens (tertiary/aromatic N) is 3. The van der Waals surface area contributed by atoms with E-state index in [1.54, 1.807) is 6.20 Å². The molecule has 1 aliphatic heterocycles. The Balaban J connectivity index is 1.84. The largest absolute Gasteiger partial charge is 0.312 e. The molecule has 4 nitrogen and oxygen atoms in total. The van der Waals surface area contributed by atoms with Gasteiger partial charge in [0.1, 0.15) is 0 Å². The molecule has 0 bridgehead atoms. The van der Waals surface area contributed by atoms with E-state index in [-0.39, 0.29) is 0 Å². The van der Waals surface area contributed by atoms with E-state index in [2.05, 4.69) is 26.2 Å². The van der Waals surface area contributed by atoms with Crippen LogP contribution in [0.15, 0.2) is 22.9 Å². The molecule has 21 heavy (non-hydrogen) atoms. The molecule has 2 aromatic heterocycles. The highest BCUT2D eigenvalue weighted by atomic mass is 79.9. The summed E-state index contributed by atoms with van der Waals surface area (Å²) in [5, 5.41) is 3.45. The van der Waals surface area contributed by atoms with Crippen LogP contribution in [0.5, 0.6) is 0 Å². The monoisotopic (exact) mass is 344 g/mol. The maximum Gasteiger partial charge on any atom is 0.161 e. The van der Waals surface area contributed by atoms with E-state index < -0.39 is 0 Å². The molecule has 3 heterocycles. The summed E-state index contributed by atoms with van der Waals surface area (Å²) in [5.41, 5.74) is 4.83. The molecule has 0 atom stereocenters. The predicted molar refractivity (Wildman–Crippen MR) is 85.0 cm³/mol. The Kier molecular flexibility index (Phi) is 3.47. The van der Waals surface area contributed by atoms with Crippen LogP contribution < -0.4 is 5.32 Å². The zero-order valence-corrected chi connectivity index (χ0v) is 13.4. The van der Waals surface area contributed by atoms with Gasteiger partial charge < -0.3 is 5.32 Å². The lowest BCUT2D eigenvalue weighted by Crippen LogP contribution is -2.28. The summed E-state index contributed by atoms with van der Waals surface area (Å²) < 4.78 is 0.966. The second-order valence-electron chi connectivity index (χ2n) is 5.80. The summed E-state index contributed by atoms with van der Waals surface area (Å²) in [6.07, 6.45) is 8.48. The van der Waals surface area contributed by atoms with Crippen LogP contribution in [0.1, 0.15) is 42.1 Å². The van der Waals surface area contributed by atoms with Gasteiger partial charge >= 0.3 is 0 Å². The second-order valence-corrected chi connectivity index (χ2v) is 6.72. The van der Waals surface area contributed by atoms with Crippen LogP contribution in [0.4, 0.5) is 0 Å². The smallest absolute Gasteiger partial charge is 0.161 e. The molecule has 0 aromatic carbocycles. The van der Waals surface area contributed by atoms with E-state index in [4.69, 9.17) is 9.97 Å². The highest BCUT2D eigenvalue weighted by Gasteiger charge is 2.27. The molecule has 2 aromatic rings. The van der Waals surface area contributed by atoms with Gasteiger partial charge in [0, 0.05) is 53.4 Å². The Hall–Kier alpha value is -1.33. The van der Waals surface area contributed by atoms with Crippen molar-refractivity contribution in [2.45, 2.75) is 38.1 Å². The Morgan fingerprint density at radius 3 is 2.86 bits per heavy atom. The first kappa shape index (κ1) is 13.3. The Bertz CT molecular complexity index is 682. The molecule has 0 spiro atoms. The van der Waals surface area contributed by atoms with Gasteiger partial charge in [-0.3, -0.25) is 4.98 Å². The van der Waals surface area contributed by atoms with Gasteiger partial charge in [-0.15, -0.1) is 0 Å². The first-order valence-corrected chi connectivity index (χ1v) is 8.32. The molecule has 0 radical (unpaired) electrons. The Morgan fingerprint density at radius 2 is 2.10 bits per heavy atom. The lowest BCUT2D eigenvalue weighted by atomic mass is 9.80. The van der Waals surface area contributed by atoms with Crippen LogP contribution in [0, 0.1) is 0 Å². The minimum atomic E-state index is 0.625. The van der Waals surface area contributed by atoms with Crippen LogP contribution in [-0.2, 0) is 13.0 Å². The van der Waals surface area contributed by atoms with Crippen molar-refractivity contribution in [1.82, 2.24) is 20.3 Å². The van der Waals surface area contributed by atoms with Gasteiger partial charge in [-0.05, 0) is 34.8 Å². The fraction of sp³-hybridized carbons (Fsp3) is 0.438. The van der Waals surface area contributed by atoms with Crippen molar-refractivity contribution in [3.05, 3.63) is 39.9 Å². The summed E-state index contributed by atoms with van der Waals surface area (Å²) in [6, 6.07) is 2.04. The van der Waals surface area contributed by atoms with Crippen molar-refractivity contribution in [2.75, 3.05) is 6.54 Å². The number of fused-ring (bicyclic) bond motifs is 1. The van der Waals surface area contributed by atoms with Crippen molar-refractivity contribution in [3.63, 3.8) is 0 Å². The van der Waals surface area contributed by atoms with E-state index in [9.17, 15) is 0 Å². The molecule has 2 aliphatic rings. The van der Waals surface area contributed by atoms with Crippen molar-refractivity contribution in [3.8, 4) is 11.4 Å². The van der Waals surface area contributed by atoms with Crippen LogP contribution in [0.25, 0.3) is 11.4 Å². The average Bonchev–Trinajstić information content (AvgIpc) is 2.45. The van der Waals surface area contributed by atoms with Crippen molar-refractivity contribution >= 4 is 15.9 Å². The van der Waals surface area contributed by atoms with Gasteiger partial charge in [0.05, 0.1) is 11.4 Å². The molecule has 1 fully saturated rings. The molecule has 0 saturated heterocycles. The number of pyridine rings is 1. The average molecular weight is 345 g/mol. The predicted octanol–water partition coefficient (Wildman–Crippen LogP) is 3.21. The van der Waals surface area contributed by atoms with E-state index in [0.29, 0.717) is 5.92 Å². The van der Waals surface area contributed by atoms with Crippen LogP contribution >= 0.6 is 15.9 Å². The third-order valence-electron chi connectivity index (χ3n) is 4.42. The highest BCUT2D eigenvalue weighted by molar-refractivity contribution is 9.10. The summed E-state index contributed by atoms with van der Waals surface area (Å²) in [7, 11) is 0. The zero-order chi connectivity index (χ0) is 14.2. The normalized spacial score (nSPS) is 18.1. The van der Waals surface area contributed by atoms with Crippen molar-refractivity contribution in [1.29, 1.82) is 0 Å². The maximum atomic E-state index is 4.91. The van der Waals surface area contributed by atoms with Gasteiger partial charge in [-0.2, -0.15) is 0 Å². The molecule has 0 unspecified atom stereocenters. The van der Waals surface area contributed by atoms with Gasteiger partial charge in [-0.1, -0.05) is 6.42 Å². The maximum absolute atomic E-state index is 4.91. The zero-order valence-electron chi connectivity index (χ0n) is 11.8. The van der Waals surface area contributed by atoms with E-state index in [0.717, 1.165) is 35.4 Å². The number of rotatable bonds is 2. The van der Waals surface area contributed by atoms with Gasteiger partial charge in [-0.25, -0.2) is 9.97 Å². The summed E-state index contributed by atoms with van der Waals surface area (Å²) in [5.74, 6) is 1.45. The summed E-state index contributed by atoms with van der Waals surface area (Å²) in [4.78, 5) is 14.0. The minimum Gasteiger partial charge on any atom is -0.312 e. The van der Waals surface area contributed by atoms with Crippen LogP contribution in [-0.4, -0.2) is 21.5 Å². The SMILES string of the molecule is Brc1cncc(-c2nc3c(c(C4CCC4)n2)CNCC3)c1.